The Morgan fingerprint density at radius 3 is 1.69 bits per heavy atom. The van der Waals surface area contributed by atoms with Crippen LogP contribution in [0.5, 0.6) is 11.5 Å². The maximum Gasteiger partial charge on any atom is 0.343 e. The molecule has 0 fully saturated rings. The summed E-state index contributed by atoms with van der Waals surface area (Å²) in [6.45, 7) is 3.94. The van der Waals surface area contributed by atoms with Gasteiger partial charge in [0.2, 0.25) is 5.78 Å². The maximum absolute atomic E-state index is 14.9. The van der Waals surface area contributed by atoms with Crippen molar-refractivity contribution in [2.75, 3.05) is 4.90 Å². The molecule has 1 atom stereocenters. The highest BCUT2D eigenvalue weighted by Gasteiger charge is 2.60. The third-order valence-corrected chi connectivity index (χ3v) is 9.62. The number of anilines is 1. The summed E-state index contributed by atoms with van der Waals surface area (Å²) in [6.07, 6.45) is 0.227. The van der Waals surface area contributed by atoms with Gasteiger partial charge < -0.3 is 14.2 Å². The number of hydrogen-bond acceptors (Lipinski definition) is 8. The second-order valence-electron chi connectivity index (χ2n) is 12.5. The van der Waals surface area contributed by atoms with Crippen LogP contribution in [-0.2, 0) is 9.53 Å². The topological polar surface area (TPSA) is 99.2 Å². The van der Waals surface area contributed by atoms with Gasteiger partial charge in [0.1, 0.15) is 11.5 Å². The maximum atomic E-state index is 14.9. The summed E-state index contributed by atoms with van der Waals surface area (Å²) in [4.78, 5) is 55.9. The van der Waals surface area contributed by atoms with E-state index in [2.05, 4.69) is 31.9 Å². The van der Waals surface area contributed by atoms with Crippen molar-refractivity contribution >= 4 is 72.5 Å². The van der Waals surface area contributed by atoms with E-state index in [0.717, 1.165) is 8.95 Å². The number of halogens is 2. The van der Waals surface area contributed by atoms with Gasteiger partial charge in [-0.2, -0.15) is 0 Å². The normalized spacial score (nSPS) is 16.5. The Kier molecular flexibility index (Phi) is 9.22. The molecule has 0 aliphatic carbocycles. The van der Waals surface area contributed by atoms with Gasteiger partial charge in [-0.3, -0.25) is 9.69 Å². The largest absolute Gasteiger partial charge is 0.427 e. The average Bonchev–Trinajstić information content (AvgIpc) is 3.36. The van der Waals surface area contributed by atoms with Crippen molar-refractivity contribution in [3.63, 3.8) is 0 Å². The molecular weight excluding hydrogens is 778 g/mol. The van der Waals surface area contributed by atoms with Crippen molar-refractivity contribution in [2.24, 2.45) is 5.92 Å². The van der Waals surface area contributed by atoms with Crippen molar-refractivity contribution in [2.45, 2.75) is 26.0 Å². The zero-order valence-electron chi connectivity index (χ0n) is 27.4. The van der Waals surface area contributed by atoms with Gasteiger partial charge in [0, 0.05) is 15.4 Å². The Morgan fingerprint density at radius 1 is 0.686 bits per heavy atom. The first-order valence-electron chi connectivity index (χ1n) is 16.1. The lowest BCUT2D eigenvalue weighted by atomic mass is 9.90. The van der Waals surface area contributed by atoms with E-state index in [9.17, 15) is 19.2 Å². The molecule has 0 saturated carbocycles. The number of nitrogens with zero attached hydrogens (tertiary/aromatic N) is 1. The third kappa shape index (κ3) is 6.53. The highest BCUT2D eigenvalue weighted by molar-refractivity contribution is 9.10. The van der Waals surface area contributed by atoms with Crippen LogP contribution in [0, 0.1) is 5.92 Å². The molecule has 0 amide bonds. The number of carbonyl (C=O) groups is 4. The van der Waals surface area contributed by atoms with E-state index < -0.39 is 23.6 Å². The van der Waals surface area contributed by atoms with Crippen molar-refractivity contribution in [3.05, 3.63) is 158 Å². The molecule has 0 saturated heterocycles. The zero-order valence-corrected chi connectivity index (χ0v) is 30.6. The number of hydrogen-bond donors (Lipinski definition) is 0. The van der Waals surface area contributed by atoms with Gasteiger partial charge in [0.25, 0.3) is 5.72 Å². The van der Waals surface area contributed by atoms with Crippen molar-refractivity contribution < 1.29 is 33.4 Å². The lowest BCUT2D eigenvalue weighted by molar-refractivity contribution is -0.132. The summed E-state index contributed by atoms with van der Waals surface area (Å²) in [5.74, 6) is -1.42. The highest BCUT2D eigenvalue weighted by atomic mass is 79.9. The third-order valence-electron chi connectivity index (χ3n) is 8.57. The van der Waals surface area contributed by atoms with Crippen LogP contribution in [0.4, 0.5) is 5.69 Å². The Hall–Kier alpha value is -5.32. The van der Waals surface area contributed by atoms with Gasteiger partial charge in [-0.05, 0) is 114 Å². The number of Topliss-reactive ketones (excluding diaryl/α,β-unsaturated/α-hetero) is 1. The molecule has 8 nitrogen and oxygen atoms in total. The summed E-state index contributed by atoms with van der Waals surface area (Å²) in [6, 6.07) is 34.3. The SMILES string of the molecule is CC(C)C[C@]12OC(=O)c3ccccc3N1C(c1ccc(OC(=O)c3ccc(Br)cc3)cc1)=C(c1ccc(OC(=O)c3ccc(Br)cc3)cc1)C2=O. The van der Waals surface area contributed by atoms with Crippen LogP contribution in [0.15, 0.2) is 130 Å². The second kappa shape index (κ2) is 13.8. The number of benzene rings is 5. The number of ether oxygens (including phenoxy) is 3. The summed E-state index contributed by atoms with van der Waals surface area (Å²) in [5, 5.41) is 0. The van der Waals surface area contributed by atoms with Gasteiger partial charge in [0.15, 0.2) is 0 Å². The van der Waals surface area contributed by atoms with Crippen LogP contribution in [-0.4, -0.2) is 29.4 Å². The molecule has 7 rings (SSSR count). The fourth-order valence-corrected chi connectivity index (χ4v) is 6.88. The van der Waals surface area contributed by atoms with E-state index >= 15 is 0 Å². The molecule has 0 radical (unpaired) electrons. The molecule has 0 bridgehead atoms. The number of carbonyl (C=O) groups excluding carboxylic acids is 4. The molecule has 10 heteroatoms. The monoisotopic (exact) mass is 805 g/mol. The number of ketones is 1. The Bertz CT molecular complexity index is 2210. The Labute approximate surface area is 310 Å². The predicted molar refractivity (Wildman–Crippen MR) is 199 cm³/mol. The van der Waals surface area contributed by atoms with E-state index in [0.29, 0.717) is 56.3 Å². The highest BCUT2D eigenvalue weighted by Crippen LogP contribution is 2.53. The van der Waals surface area contributed by atoms with Crippen molar-refractivity contribution in [1.82, 2.24) is 0 Å². The summed E-state index contributed by atoms with van der Waals surface area (Å²) in [5.41, 5.74) is 2.01. The molecule has 0 N–H and O–H groups in total. The summed E-state index contributed by atoms with van der Waals surface area (Å²) >= 11 is 6.74. The minimum Gasteiger partial charge on any atom is -0.427 e. The standard InChI is InChI=1S/C41H29Br2NO7/c1-24(2)23-41-37(45)35(25-11-19-31(20-12-25)49-38(46)27-7-15-29(42)16-8-27)36(44(41)34-6-4-3-5-33(34)40(48)51-41)26-13-21-32(22-14-26)50-39(47)28-9-17-30(43)18-10-28/h3-22,24H,23H2,1-2H3/t41-/m1/s1. The first-order valence-corrected chi connectivity index (χ1v) is 17.7. The van der Waals surface area contributed by atoms with Gasteiger partial charge in [0.05, 0.1) is 33.6 Å². The number of fused-ring (bicyclic) bond motifs is 3. The Morgan fingerprint density at radius 2 is 1.18 bits per heavy atom. The fraction of sp³-hybridized carbons (Fsp3) is 0.122. The van der Waals surface area contributed by atoms with Crippen LogP contribution in [0.2, 0.25) is 0 Å². The van der Waals surface area contributed by atoms with E-state index in [1.807, 2.05) is 24.8 Å². The first-order chi connectivity index (χ1) is 24.5. The minimum absolute atomic E-state index is 0.0316. The number of para-hydroxylation sites is 1. The molecular formula is C41H29Br2NO7. The van der Waals surface area contributed by atoms with E-state index in [4.69, 9.17) is 14.2 Å². The molecule has 2 aliphatic heterocycles. The van der Waals surface area contributed by atoms with Crippen LogP contribution in [0.1, 0.15) is 62.5 Å². The number of esters is 3. The molecule has 0 unspecified atom stereocenters. The van der Waals surface area contributed by atoms with Crippen LogP contribution >= 0.6 is 31.9 Å². The van der Waals surface area contributed by atoms with Crippen LogP contribution in [0.25, 0.3) is 11.3 Å². The molecule has 2 heterocycles. The smallest absolute Gasteiger partial charge is 0.343 e. The molecule has 5 aromatic carbocycles. The van der Waals surface area contributed by atoms with Crippen LogP contribution in [0.3, 0.4) is 0 Å². The van der Waals surface area contributed by atoms with E-state index in [1.54, 1.807) is 115 Å². The van der Waals surface area contributed by atoms with Crippen LogP contribution < -0.4 is 14.4 Å². The van der Waals surface area contributed by atoms with Crippen molar-refractivity contribution in [3.8, 4) is 11.5 Å². The first kappa shape index (κ1) is 34.1. The second-order valence-corrected chi connectivity index (χ2v) is 14.4. The lowest BCUT2D eigenvalue weighted by Gasteiger charge is -2.44. The Balaban J connectivity index is 1.31. The van der Waals surface area contributed by atoms with E-state index in [-0.39, 0.29) is 18.1 Å². The van der Waals surface area contributed by atoms with Gasteiger partial charge in [-0.25, -0.2) is 14.4 Å². The molecule has 0 aromatic heterocycles. The van der Waals surface area contributed by atoms with E-state index in [1.165, 1.54) is 0 Å². The number of rotatable bonds is 8. The summed E-state index contributed by atoms with van der Waals surface area (Å²) < 4.78 is 19.1. The average molecular weight is 807 g/mol. The van der Waals surface area contributed by atoms with Crippen molar-refractivity contribution in [1.29, 1.82) is 0 Å². The zero-order chi connectivity index (χ0) is 35.9. The molecule has 254 valence electrons. The molecule has 51 heavy (non-hydrogen) atoms. The minimum atomic E-state index is -1.65. The lowest BCUT2D eigenvalue weighted by Crippen LogP contribution is -2.56. The molecule has 5 aromatic rings. The van der Waals surface area contributed by atoms with Gasteiger partial charge >= 0.3 is 17.9 Å². The quantitative estimate of drug-likeness (QED) is 0.113. The molecule has 0 spiro atoms. The van der Waals surface area contributed by atoms with Gasteiger partial charge in [-0.15, -0.1) is 0 Å². The fourth-order valence-electron chi connectivity index (χ4n) is 6.35. The summed E-state index contributed by atoms with van der Waals surface area (Å²) in [7, 11) is 0. The van der Waals surface area contributed by atoms with Gasteiger partial charge in [-0.1, -0.05) is 70.0 Å². The molecule has 2 aliphatic rings. The predicted octanol–water partition coefficient (Wildman–Crippen LogP) is 9.52.